The van der Waals surface area contributed by atoms with Crippen molar-refractivity contribution in [3.8, 4) is 73.8 Å². The first kappa shape index (κ1) is 40.2. The highest BCUT2D eigenvalue weighted by Gasteiger charge is 2.28. The second kappa shape index (κ2) is 17.0. The van der Waals surface area contributed by atoms with Crippen LogP contribution in [0.4, 0.5) is 17.3 Å². The summed E-state index contributed by atoms with van der Waals surface area (Å²) >= 11 is 1.76. The Balaban J connectivity index is 0.914. The van der Waals surface area contributed by atoms with Crippen molar-refractivity contribution in [2.24, 2.45) is 0 Å². The number of nitrogens with zero attached hydrogens (tertiary/aromatic N) is 8. The molecular weight excluding hydrogens is 865 g/mol. The van der Waals surface area contributed by atoms with Crippen molar-refractivity contribution in [3.05, 3.63) is 231 Å². The zero-order valence-corrected chi connectivity index (χ0v) is 37.7. The van der Waals surface area contributed by atoms with Gasteiger partial charge in [-0.15, -0.1) is 0 Å². The summed E-state index contributed by atoms with van der Waals surface area (Å²) in [5.41, 5.74) is 12.2. The SMILES string of the molecule is c1ccc(-c2nc(-c3ccccc3)nc(N3c4ccccc4Sc4cc(-c5cccc(-c6ccc7c8ccccc8n(-c8nc(-c9ccccc9)nc(-c9ccccc9)n8)c7c6)c5)ccc43)n2)cc1. The lowest BCUT2D eigenvalue weighted by atomic mass is 9.98. The molecule has 0 bridgehead atoms. The fraction of sp³-hybridized carbons (Fsp3) is 0. The Labute approximate surface area is 402 Å². The Morgan fingerprint density at radius 1 is 0.275 bits per heavy atom. The van der Waals surface area contributed by atoms with Crippen LogP contribution in [0.3, 0.4) is 0 Å². The lowest BCUT2D eigenvalue weighted by Crippen LogP contribution is -2.18. The molecule has 0 radical (unpaired) electrons. The highest BCUT2D eigenvalue weighted by Crippen LogP contribution is 2.52. The van der Waals surface area contributed by atoms with E-state index in [-0.39, 0.29) is 0 Å². The van der Waals surface area contributed by atoms with Crippen LogP contribution in [-0.4, -0.2) is 34.5 Å². The maximum Gasteiger partial charge on any atom is 0.238 e. The smallest absolute Gasteiger partial charge is 0.238 e. The molecule has 13 rings (SSSR count). The molecule has 1 aliphatic heterocycles. The number of hydrogen-bond donors (Lipinski definition) is 0. The zero-order valence-electron chi connectivity index (χ0n) is 36.9. The molecule has 324 valence electrons. The van der Waals surface area contributed by atoms with Crippen molar-refractivity contribution in [1.29, 1.82) is 0 Å². The van der Waals surface area contributed by atoms with Crippen LogP contribution in [0.5, 0.6) is 0 Å². The van der Waals surface area contributed by atoms with Gasteiger partial charge in [0.1, 0.15) is 0 Å². The van der Waals surface area contributed by atoms with Crippen molar-refractivity contribution in [3.63, 3.8) is 0 Å². The molecule has 1 aliphatic rings. The van der Waals surface area contributed by atoms with Crippen molar-refractivity contribution in [1.82, 2.24) is 34.5 Å². The van der Waals surface area contributed by atoms with Gasteiger partial charge in [-0.25, -0.2) is 9.97 Å². The summed E-state index contributed by atoms with van der Waals surface area (Å²) in [6.07, 6.45) is 0. The molecule has 4 heterocycles. The number of fused-ring (bicyclic) bond motifs is 5. The number of para-hydroxylation sites is 2. The quantitative estimate of drug-likeness (QED) is 0.149. The van der Waals surface area contributed by atoms with E-state index in [1.807, 2.05) is 121 Å². The molecule has 0 fully saturated rings. The van der Waals surface area contributed by atoms with Crippen LogP contribution in [0, 0.1) is 0 Å². The summed E-state index contributed by atoms with van der Waals surface area (Å²) < 4.78 is 2.18. The van der Waals surface area contributed by atoms with Gasteiger partial charge in [-0.05, 0) is 64.7 Å². The highest BCUT2D eigenvalue weighted by atomic mass is 32.2. The summed E-state index contributed by atoms with van der Waals surface area (Å²) in [7, 11) is 0. The summed E-state index contributed by atoms with van der Waals surface area (Å²) in [5, 5.41) is 2.25. The van der Waals surface area contributed by atoms with Gasteiger partial charge in [0.2, 0.25) is 11.9 Å². The third kappa shape index (κ3) is 7.38. The molecule has 69 heavy (non-hydrogen) atoms. The maximum atomic E-state index is 5.16. The van der Waals surface area contributed by atoms with Crippen molar-refractivity contribution in [2.45, 2.75) is 9.79 Å². The standard InChI is InChI=1S/C60H38N8S/c1-5-18-39(19-6-1)55-61-56(40-20-7-2-8-21-40)64-59(63-55)67-49-29-14-13-28-47(49)48-34-32-45(37-52(48)67)43-26-17-27-44(36-43)46-33-35-51-54(38-46)69-53-31-16-15-30-50(53)68(51)60-65-57(41-22-9-3-10-23-41)62-58(66-60)42-24-11-4-12-25-42/h1-38H. The van der Waals surface area contributed by atoms with Gasteiger partial charge in [-0.2, -0.15) is 19.9 Å². The summed E-state index contributed by atoms with van der Waals surface area (Å²) in [6.45, 7) is 0. The van der Waals surface area contributed by atoms with Gasteiger partial charge in [0, 0.05) is 42.8 Å². The minimum Gasteiger partial charge on any atom is -0.278 e. The van der Waals surface area contributed by atoms with E-state index in [1.54, 1.807) is 11.8 Å². The minimum atomic E-state index is 0.559. The number of aromatic nitrogens is 7. The van der Waals surface area contributed by atoms with Crippen LogP contribution in [0.1, 0.15) is 0 Å². The van der Waals surface area contributed by atoms with Gasteiger partial charge in [0.25, 0.3) is 0 Å². The van der Waals surface area contributed by atoms with Crippen molar-refractivity contribution >= 4 is 50.9 Å². The molecular formula is C60H38N8S. The van der Waals surface area contributed by atoms with Crippen LogP contribution >= 0.6 is 11.8 Å². The normalized spacial score (nSPS) is 12.0. The van der Waals surface area contributed by atoms with Crippen LogP contribution in [-0.2, 0) is 0 Å². The van der Waals surface area contributed by atoms with Crippen LogP contribution in [0.25, 0.3) is 95.6 Å². The highest BCUT2D eigenvalue weighted by molar-refractivity contribution is 7.99. The van der Waals surface area contributed by atoms with Gasteiger partial charge < -0.3 is 0 Å². The summed E-state index contributed by atoms with van der Waals surface area (Å²) in [4.78, 5) is 35.0. The molecule has 0 saturated carbocycles. The van der Waals surface area contributed by atoms with Crippen LogP contribution < -0.4 is 4.90 Å². The molecule has 0 unspecified atom stereocenters. The fourth-order valence-electron chi connectivity index (χ4n) is 9.19. The topological polar surface area (TPSA) is 85.5 Å². The molecule has 9 heteroatoms. The van der Waals surface area contributed by atoms with Gasteiger partial charge in [0.05, 0.1) is 22.4 Å². The Bertz CT molecular complexity index is 3770. The molecule has 0 spiro atoms. The third-order valence-electron chi connectivity index (χ3n) is 12.5. The average Bonchev–Trinajstić information content (AvgIpc) is 3.76. The number of benzene rings is 9. The van der Waals surface area contributed by atoms with E-state index in [4.69, 9.17) is 29.9 Å². The fourth-order valence-corrected chi connectivity index (χ4v) is 10.3. The van der Waals surface area contributed by atoms with E-state index in [0.29, 0.717) is 35.2 Å². The molecule has 3 aromatic heterocycles. The Morgan fingerprint density at radius 3 is 1.30 bits per heavy atom. The molecule has 0 aliphatic carbocycles. The third-order valence-corrected chi connectivity index (χ3v) is 13.6. The molecule has 12 aromatic rings. The zero-order chi connectivity index (χ0) is 45.7. The van der Waals surface area contributed by atoms with Gasteiger partial charge in [0.15, 0.2) is 23.3 Å². The number of hydrogen-bond acceptors (Lipinski definition) is 8. The molecule has 0 atom stereocenters. The maximum absolute atomic E-state index is 5.16. The molecule has 9 aromatic carbocycles. The predicted octanol–water partition coefficient (Wildman–Crippen LogP) is 15.1. The monoisotopic (exact) mass is 902 g/mol. The average molecular weight is 903 g/mol. The Morgan fingerprint density at radius 2 is 0.710 bits per heavy atom. The van der Waals surface area contributed by atoms with E-state index >= 15 is 0 Å². The van der Waals surface area contributed by atoms with E-state index in [1.165, 1.54) is 0 Å². The Kier molecular flexibility index (Phi) is 9.91. The van der Waals surface area contributed by atoms with Gasteiger partial charge in [-0.3, -0.25) is 9.47 Å². The lowest BCUT2D eigenvalue weighted by molar-refractivity contribution is 0.953. The van der Waals surface area contributed by atoms with Crippen LogP contribution in [0.15, 0.2) is 240 Å². The van der Waals surface area contributed by atoms with Crippen molar-refractivity contribution in [2.75, 3.05) is 4.90 Å². The van der Waals surface area contributed by atoms with E-state index in [9.17, 15) is 0 Å². The lowest BCUT2D eigenvalue weighted by Gasteiger charge is -2.31. The molecule has 0 amide bonds. The minimum absolute atomic E-state index is 0.559. The molecule has 8 nitrogen and oxygen atoms in total. The predicted molar refractivity (Wildman–Crippen MR) is 279 cm³/mol. The second-order valence-electron chi connectivity index (χ2n) is 16.8. The first-order chi connectivity index (χ1) is 34.2. The summed E-state index contributed by atoms with van der Waals surface area (Å²) in [5.74, 6) is 3.59. The van der Waals surface area contributed by atoms with Crippen molar-refractivity contribution < 1.29 is 0 Å². The van der Waals surface area contributed by atoms with E-state index < -0.39 is 0 Å². The first-order valence-electron chi connectivity index (χ1n) is 22.8. The van der Waals surface area contributed by atoms with E-state index in [0.717, 1.165) is 87.5 Å². The van der Waals surface area contributed by atoms with Gasteiger partial charge >= 0.3 is 0 Å². The van der Waals surface area contributed by atoms with Crippen LogP contribution in [0.2, 0.25) is 0 Å². The number of rotatable bonds is 8. The second-order valence-corrected chi connectivity index (χ2v) is 17.9. The first-order valence-corrected chi connectivity index (χ1v) is 23.6. The summed E-state index contributed by atoms with van der Waals surface area (Å²) in [6, 6.07) is 79.6. The number of anilines is 3. The van der Waals surface area contributed by atoms with E-state index in [2.05, 4.69) is 119 Å². The van der Waals surface area contributed by atoms with Gasteiger partial charge in [-0.1, -0.05) is 200 Å². The Hall–Kier alpha value is -9.05. The largest absolute Gasteiger partial charge is 0.278 e. The molecule has 0 N–H and O–H groups in total. The molecule has 0 saturated heterocycles.